The smallest absolute Gasteiger partial charge is 0.186 e. The molecule has 16 heavy (non-hydrogen) atoms. The second-order valence-electron chi connectivity index (χ2n) is 3.68. The van der Waals surface area contributed by atoms with Crippen LogP contribution in [0.1, 0.15) is 6.42 Å². The van der Waals surface area contributed by atoms with Crippen LogP contribution in [0.5, 0.6) is 0 Å². The van der Waals surface area contributed by atoms with Gasteiger partial charge < -0.3 is 25.0 Å². The summed E-state index contributed by atoms with van der Waals surface area (Å²) in [6.45, 7) is 0.738. The average molecular weight is 234 g/mol. The number of nitroso groups, excluding NO2 is 1. The van der Waals surface area contributed by atoms with Crippen molar-refractivity contribution in [1.82, 2.24) is 5.32 Å². The van der Waals surface area contributed by atoms with E-state index in [0.717, 1.165) is 0 Å². The van der Waals surface area contributed by atoms with Crippen LogP contribution >= 0.6 is 0 Å². The van der Waals surface area contributed by atoms with Crippen LogP contribution in [0.3, 0.4) is 0 Å². The quantitative estimate of drug-likeness (QED) is 0.395. The molecule has 4 unspecified atom stereocenters. The Hall–Kier alpha value is -0.600. The van der Waals surface area contributed by atoms with Gasteiger partial charge >= 0.3 is 0 Å². The molecule has 0 amide bonds. The minimum absolute atomic E-state index is 0.215. The summed E-state index contributed by atoms with van der Waals surface area (Å²) in [5.41, 5.74) is 0. The van der Waals surface area contributed by atoms with Gasteiger partial charge in [-0.15, -0.1) is 0 Å². The number of likely N-dealkylation sites (N-methyl/N-ethyl adjacent to an activating group) is 1. The van der Waals surface area contributed by atoms with Crippen molar-refractivity contribution in [2.24, 2.45) is 5.18 Å². The van der Waals surface area contributed by atoms with Crippen LogP contribution in [0.25, 0.3) is 0 Å². The van der Waals surface area contributed by atoms with E-state index in [1.807, 2.05) is 0 Å². The third-order valence-corrected chi connectivity index (χ3v) is 2.48. The number of hydrogen-bond donors (Lipinski definition) is 3. The Kier molecular flexibility index (Phi) is 5.78. The zero-order valence-electron chi connectivity index (χ0n) is 9.20. The lowest BCUT2D eigenvalue weighted by molar-refractivity contribution is -0.248. The number of nitrogens with zero attached hydrogens (tertiary/aromatic N) is 1. The van der Waals surface area contributed by atoms with Crippen LogP contribution in [0, 0.1) is 4.91 Å². The van der Waals surface area contributed by atoms with Gasteiger partial charge in [-0.05, 0) is 7.05 Å². The van der Waals surface area contributed by atoms with Gasteiger partial charge in [-0.2, -0.15) is 4.91 Å². The third-order valence-electron chi connectivity index (χ3n) is 2.48. The highest BCUT2D eigenvalue weighted by Gasteiger charge is 2.39. The lowest BCUT2D eigenvalue weighted by Gasteiger charge is -2.35. The largest absolute Gasteiger partial charge is 0.394 e. The number of rotatable bonds is 6. The van der Waals surface area contributed by atoms with Crippen LogP contribution in [0.15, 0.2) is 5.18 Å². The molecule has 7 heteroatoms. The van der Waals surface area contributed by atoms with E-state index in [-0.39, 0.29) is 13.0 Å². The zero-order chi connectivity index (χ0) is 12.0. The van der Waals surface area contributed by atoms with Gasteiger partial charge in [-0.3, -0.25) is 0 Å². The van der Waals surface area contributed by atoms with Crippen molar-refractivity contribution in [2.75, 3.05) is 26.8 Å². The van der Waals surface area contributed by atoms with Gasteiger partial charge in [0.15, 0.2) is 6.29 Å². The summed E-state index contributed by atoms with van der Waals surface area (Å²) in [5.74, 6) is 0. The number of nitrogens with one attached hydrogen (secondary N) is 1. The monoisotopic (exact) mass is 234 g/mol. The van der Waals surface area contributed by atoms with Crippen LogP contribution < -0.4 is 5.32 Å². The van der Waals surface area contributed by atoms with Gasteiger partial charge in [-0.25, -0.2) is 0 Å². The molecule has 1 saturated heterocycles. The second kappa shape index (κ2) is 6.87. The highest BCUT2D eigenvalue weighted by molar-refractivity contribution is 4.86. The third kappa shape index (κ3) is 3.46. The Morgan fingerprint density at radius 1 is 1.62 bits per heavy atom. The molecule has 1 fully saturated rings. The van der Waals surface area contributed by atoms with Crippen LogP contribution in [-0.2, 0) is 9.47 Å². The molecule has 4 atom stereocenters. The maximum Gasteiger partial charge on any atom is 0.186 e. The van der Waals surface area contributed by atoms with E-state index in [2.05, 4.69) is 10.5 Å². The lowest BCUT2D eigenvalue weighted by Crippen LogP contribution is -2.50. The molecule has 1 aliphatic rings. The van der Waals surface area contributed by atoms with Crippen LogP contribution in [-0.4, -0.2) is 61.6 Å². The van der Waals surface area contributed by atoms with E-state index >= 15 is 0 Å². The average Bonchev–Trinajstić information content (AvgIpc) is 2.31. The van der Waals surface area contributed by atoms with E-state index in [1.54, 1.807) is 7.05 Å². The summed E-state index contributed by atoms with van der Waals surface area (Å²) in [7, 11) is 1.77. The number of hydrogen-bond acceptors (Lipinski definition) is 7. The molecular weight excluding hydrogens is 216 g/mol. The number of aliphatic hydroxyl groups is 2. The zero-order valence-corrected chi connectivity index (χ0v) is 9.20. The molecule has 1 rings (SSSR count). The van der Waals surface area contributed by atoms with Crippen LogP contribution in [0.2, 0.25) is 0 Å². The fourth-order valence-corrected chi connectivity index (χ4v) is 1.55. The predicted octanol–water partition coefficient (Wildman–Crippen LogP) is -1.17. The fraction of sp³-hybridized carbons (Fsp3) is 1.00. The SMILES string of the molecule is CNCCOC1OC(CO)CC(N=O)C1O. The van der Waals surface area contributed by atoms with E-state index in [0.29, 0.717) is 13.2 Å². The summed E-state index contributed by atoms with van der Waals surface area (Å²) in [6.07, 6.45) is -2.27. The van der Waals surface area contributed by atoms with Gasteiger partial charge in [0.25, 0.3) is 0 Å². The molecule has 0 aromatic heterocycles. The molecule has 1 aliphatic heterocycles. The first kappa shape index (κ1) is 13.5. The summed E-state index contributed by atoms with van der Waals surface area (Å²) < 4.78 is 10.5. The number of ether oxygens (including phenoxy) is 2. The van der Waals surface area contributed by atoms with Crippen molar-refractivity contribution in [1.29, 1.82) is 0 Å². The first-order chi connectivity index (χ1) is 7.72. The molecule has 0 radical (unpaired) electrons. The van der Waals surface area contributed by atoms with Gasteiger partial charge in [0.05, 0.1) is 19.3 Å². The molecule has 3 N–H and O–H groups in total. The molecule has 0 aliphatic carbocycles. The van der Waals surface area contributed by atoms with Gasteiger partial charge in [0.1, 0.15) is 12.1 Å². The molecule has 0 saturated carbocycles. The van der Waals surface area contributed by atoms with Gasteiger partial charge in [-0.1, -0.05) is 5.18 Å². The van der Waals surface area contributed by atoms with Crippen molar-refractivity contribution < 1.29 is 19.7 Å². The topological polar surface area (TPSA) is 100 Å². The molecule has 0 spiro atoms. The van der Waals surface area contributed by atoms with Crippen molar-refractivity contribution in [3.05, 3.63) is 4.91 Å². The Morgan fingerprint density at radius 3 is 2.94 bits per heavy atom. The minimum atomic E-state index is -1.07. The van der Waals surface area contributed by atoms with E-state index in [9.17, 15) is 10.0 Å². The summed E-state index contributed by atoms with van der Waals surface area (Å²) >= 11 is 0. The standard InChI is InChI=1S/C9H18N2O5/c1-10-2-3-15-9-8(13)7(11-14)4-6(5-12)16-9/h6-10,12-13H,2-5H2,1H3. The highest BCUT2D eigenvalue weighted by Crippen LogP contribution is 2.23. The Bertz CT molecular complexity index is 216. The minimum Gasteiger partial charge on any atom is -0.394 e. The van der Waals surface area contributed by atoms with E-state index < -0.39 is 24.5 Å². The van der Waals surface area contributed by atoms with Gasteiger partial charge in [0.2, 0.25) is 0 Å². The summed E-state index contributed by atoms with van der Waals surface area (Å²) in [4.78, 5) is 10.5. The van der Waals surface area contributed by atoms with Crippen molar-refractivity contribution >= 4 is 0 Å². The Balaban J connectivity index is 2.48. The molecule has 0 aromatic carbocycles. The predicted molar refractivity (Wildman–Crippen MR) is 55.8 cm³/mol. The van der Waals surface area contributed by atoms with Crippen molar-refractivity contribution in [2.45, 2.75) is 31.0 Å². The number of aliphatic hydroxyl groups excluding tert-OH is 2. The Morgan fingerprint density at radius 2 is 2.38 bits per heavy atom. The normalized spacial score (nSPS) is 34.9. The molecule has 0 bridgehead atoms. The fourth-order valence-electron chi connectivity index (χ4n) is 1.55. The van der Waals surface area contributed by atoms with Crippen LogP contribution in [0.4, 0.5) is 0 Å². The first-order valence-corrected chi connectivity index (χ1v) is 5.26. The molecule has 7 nitrogen and oxygen atoms in total. The summed E-state index contributed by atoms with van der Waals surface area (Å²) in [5, 5.41) is 24.4. The second-order valence-corrected chi connectivity index (χ2v) is 3.68. The summed E-state index contributed by atoms with van der Waals surface area (Å²) in [6, 6.07) is -0.787. The van der Waals surface area contributed by atoms with Gasteiger partial charge in [0, 0.05) is 13.0 Å². The lowest BCUT2D eigenvalue weighted by atomic mass is 10.0. The van der Waals surface area contributed by atoms with Crippen molar-refractivity contribution in [3.8, 4) is 0 Å². The highest BCUT2D eigenvalue weighted by atomic mass is 16.7. The van der Waals surface area contributed by atoms with Crippen molar-refractivity contribution in [3.63, 3.8) is 0 Å². The Labute approximate surface area is 93.7 Å². The molecule has 94 valence electrons. The van der Waals surface area contributed by atoms with E-state index in [4.69, 9.17) is 14.6 Å². The maximum atomic E-state index is 10.5. The molecule has 0 aromatic rings. The first-order valence-electron chi connectivity index (χ1n) is 5.26. The maximum absolute atomic E-state index is 10.5. The molecule has 1 heterocycles. The molecular formula is C9H18N2O5. The van der Waals surface area contributed by atoms with E-state index in [1.165, 1.54) is 0 Å².